The van der Waals surface area contributed by atoms with Gasteiger partial charge in [-0.25, -0.2) is 4.68 Å². The van der Waals surface area contributed by atoms with Gasteiger partial charge in [0.15, 0.2) is 0 Å². The molecule has 2 N–H and O–H groups in total. The molecule has 0 spiro atoms. The molecule has 1 aliphatic rings. The average molecular weight is 502 g/mol. The van der Waals surface area contributed by atoms with Crippen molar-refractivity contribution in [2.45, 2.75) is 38.6 Å². The number of halogens is 3. The number of rotatable bonds is 9. The molecule has 8 nitrogen and oxygen atoms in total. The van der Waals surface area contributed by atoms with Gasteiger partial charge in [0.05, 0.1) is 5.69 Å². The van der Waals surface area contributed by atoms with Gasteiger partial charge < -0.3 is 20.1 Å². The van der Waals surface area contributed by atoms with E-state index in [1.54, 1.807) is 49.2 Å². The number of nitrogens with zero attached hydrogens (tertiary/aromatic N) is 3. The molecule has 0 fully saturated rings. The Bertz CT molecular complexity index is 1270. The van der Waals surface area contributed by atoms with Crippen molar-refractivity contribution in [1.82, 2.24) is 15.1 Å². The molecule has 2 aromatic carbocycles. The van der Waals surface area contributed by atoms with E-state index in [0.29, 0.717) is 29.0 Å². The number of carbonyl (C=O) groups excluding carboxylic acids is 1. The number of para-hydroxylation sites is 1. The van der Waals surface area contributed by atoms with E-state index < -0.39 is 23.9 Å². The molecule has 0 aliphatic carbocycles. The maximum absolute atomic E-state index is 13.6. The van der Waals surface area contributed by atoms with Crippen LogP contribution in [0.25, 0.3) is 5.69 Å². The van der Waals surface area contributed by atoms with Crippen LogP contribution in [0.5, 0.6) is 5.75 Å². The highest BCUT2D eigenvalue weighted by Crippen LogP contribution is 2.42. The van der Waals surface area contributed by atoms with Crippen molar-refractivity contribution in [2.24, 2.45) is 0 Å². The van der Waals surface area contributed by atoms with Crippen molar-refractivity contribution in [1.29, 1.82) is 0 Å². The molecule has 36 heavy (non-hydrogen) atoms. The minimum Gasteiger partial charge on any atom is -0.487 e. The van der Waals surface area contributed by atoms with Crippen LogP contribution in [-0.4, -0.2) is 40.4 Å². The van der Waals surface area contributed by atoms with Crippen LogP contribution in [0.3, 0.4) is 0 Å². The Balaban J connectivity index is 1.58. The number of fused-ring (bicyclic) bond motifs is 1. The van der Waals surface area contributed by atoms with E-state index in [2.05, 4.69) is 10.4 Å². The fourth-order valence-corrected chi connectivity index (χ4v) is 4.36. The standard InChI is InChI=1S/C25H25F3N4O4/c1-15-19(11-10-18-22(15)23(29-2)24(35)31(18)12-6-9-21(33)34)36-14-16-13-20(25(26,27)28)32(30-16)17-7-4-3-5-8-17/h3-5,7-8,10-11,13,23,29H,6,9,12,14H2,1-2H3,(H,33,34)/t23-/m1/s1. The van der Waals surface area contributed by atoms with Gasteiger partial charge in [-0.15, -0.1) is 0 Å². The lowest BCUT2D eigenvalue weighted by molar-refractivity contribution is -0.143. The van der Waals surface area contributed by atoms with Gasteiger partial charge in [0, 0.05) is 24.2 Å². The average Bonchev–Trinajstić information content (AvgIpc) is 3.39. The van der Waals surface area contributed by atoms with Crippen molar-refractivity contribution in [3.63, 3.8) is 0 Å². The van der Waals surface area contributed by atoms with E-state index in [1.165, 1.54) is 12.1 Å². The van der Waals surface area contributed by atoms with Crippen LogP contribution in [0.2, 0.25) is 0 Å². The Morgan fingerprint density at radius 3 is 2.56 bits per heavy atom. The second-order valence-corrected chi connectivity index (χ2v) is 8.39. The lowest BCUT2D eigenvalue weighted by atomic mass is 10.0. The van der Waals surface area contributed by atoms with Crippen molar-refractivity contribution in [3.05, 3.63) is 71.0 Å². The topological polar surface area (TPSA) is 96.7 Å². The second kappa shape index (κ2) is 10.0. The number of carboxylic acid groups (broad SMARTS) is 1. The first-order valence-electron chi connectivity index (χ1n) is 11.3. The van der Waals surface area contributed by atoms with E-state index in [9.17, 15) is 22.8 Å². The third kappa shape index (κ3) is 4.92. The van der Waals surface area contributed by atoms with Gasteiger partial charge in [0.1, 0.15) is 29.8 Å². The molecule has 0 saturated carbocycles. The number of aliphatic carboxylic acids is 1. The normalized spacial score (nSPS) is 15.3. The summed E-state index contributed by atoms with van der Waals surface area (Å²) < 4.78 is 47.6. The SMILES string of the molecule is CN[C@H]1C(=O)N(CCCC(=O)O)c2ccc(OCc3cc(C(F)(F)F)n(-c4ccccc4)n3)c(C)c21. The number of carboxylic acids is 1. The third-order valence-electron chi connectivity index (χ3n) is 6.02. The molecule has 1 atom stereocenters. The first-order chi connectivity index (χ1) is 17.1. The zero-order valence-electron chi connectivity index (χ0n) is 19.7. The minimum atomic E-state index is -4.60. The van der Waals surface area contributed by atoms with Crippen LogP contribution in [0.1, 0.15) is 41.4 Å². The van der Waals surface area contributed by atoms with Gasteiger partial charge in [0.25, 0.3) is 0 Å². The quantitative estimate of drug-likeness (QED) is 0.454. The third-order valence-corrected chi connectivity index (χ3v) is 6.02. The summed E-state index contributed by atoms with van der Waals surface area (Å²) in [6.45, 7) is 1.83. The molecule has 2 heterocycles. The first kappa shape index (κ1) is 25.2. The van der Waals surface area contributed by atoms with Crippen LogP contribution in [0, 0.1) is 6.92 Å². The summed E-state index contributed by atoms with van der Waals surface area (Å²) in [5, 5.41) is 16.0. The minimum absolute atomic E-state index is 0.0565. The van der Waals surface area contributed by atoms with Crippen LogP contribution in [-0.2, 0) is 22.4 Å². The monoisotopic (exact) mass is 502 g/mol. The largest absolute Gasteiger partial charge is 0.487 e. The molecular weight excluding hydrogens is 477 g/mol. The molecule has 4 rings (SSSR count). The summed E-state index contributed by atoms with van der Waals surface area (Å²) in [4.78, 5) is 25.4. The zero-order chi connectivity index (χ0) is 26.0. The summed E-state index contributed by atoms with van der Waals surface area (Å²) >= 11 is 0. The second-order valence-electron chi connectivity index (χ2n) is 8.39. The molecule has 1 aliphatic heterocycles. The Morgan fingerprint density at radius 2 is 1.92 bits per heavy atom. The van der Waals surface area contributed by atoms with Crippen molar-refractivity contribution in [3.8, 4) is 11.4 Å². The van der Waals surface area contributed by atoms with Crippen molar-refractivity contribution >= 4 is 17.6 Å². The van der Waals surface area contributed by atoms with Gasteiger partial charge in [0.2, 0.25) is 5.91 Å². The highest BCUT2D eigenvalue weighted by molar-refractivity contribution is 6.05. The Labute approximate surface area is 205 Å². The van der Waals surface area contributed by atoms with E-state index in [-0.39, 0.29) is 36.9 Å². The molecule has 0 unspecified atom stereocenters. The maximum atomic E-state index is 13.6. The van der Waals surface area contributed by atoms with E-state index in [4.69, 9.17) is 9.84 Å². The predicted molar refractivity (Wildman–Crippen MR) is 125 cm³/mol. The van der Waals surface area contributed by atoms with E-state index in [0.717, 1.165) is 10.7 Å². The van der Waals surface area contributed by atoms with Crippen LogP contribution in [0.4, 0.5) is 18.9 Å². The van der Waals surface area contributed by atoms with Gasteiger partial charge in [-0.1, -0.05) is 18.2 Å². The van der Waals surface area contributed by atoms with Gasteiger partial charge in [-0.05, 0) is 56.3 Å². The van der Waals surface area contributed by atoms with Gasteiger partial charge in [-0.3, -0.25) is 9.59 Å². The number of aromatic nitrogens is 2. The van der Waals surface area contributed by atoms with Crippen LogP contribution in [0.15, 0.2) is 48.5 Å². The maximum Gasteiger partial charge on any atom is 0.433 e. The predicted octanol–water partition coefficient (Wildman–Crippen LogP) is 4.25. The number of benzene rings is 2. The number of nitrogens with one attached hydrogen (secondary N) is 1. The molecule has 0 saturated heterocycles. The molecule has 11 heteroatoms. The number of likely N-dealkylation sites (N-methyl/N-ethyl adjacent to an activating group) is 1. The van der Waals surface area contributed by atoms with Crippen molar-refractivity contribution < 1.29 is 32.6 Å². The van der Waals surface area contributed by atoms with Crippen LogP contribution < -0.4 is 15.0 Å². The van der Waals surface area contributed by atoms with E-state index >= 15 is 0 Å². The molecule has 1 amide bonds. The molecule has 0 radical (unpaired) electrons. The van der Waals surface area contributed by atoms with Crippen molar-refractivity contribution in [2.75, 3.05) is 18.5 Å². The summed E-state index contributed by atoms with van der Waals surface area (Å²) in [6.07, 6.45) is -4.35. The summed E-state index contributed by atoms with van der Waals surface area (Å²) in [6, 6.07) is 11.7. The lowest BCUT2D eigenvalue weighted by Gasteiger charge is -2.18. The Morgan fingerprint density at radius 1 is 1.19 bits per heavy atom. The smallest absolute Gasteiger partial charge is 0.433 e. The first-order valence-corrected chi connectivity index (χ1v) is 11.3. The number of carbonyl (C=O) groups is 2. The number of ether oxygens (including phenoxy) is 1. The summed E-state index contributed by atoms with van der Waals surface area (Å²) in [5.41, 5.74) is 1.49. The summed E-state index contributed by atoms with van der Waals surface area (Å²) in [7, 11) is 1.65. The molecule has 190 valence electrons. The highest BCUT2D eigenvalue weighted by atomic mass is 19.4. The van der Waals surface area contributed by atoms with Gasteiger partial charge >= 0.3 is 12.1 Å². The number of anilines is 1. The lowest BCUT2D eigenvalue weighted by Crippen LogP contribution is -2.34. The Hall–Kier alpha value is -3.86. The number of alkyl halides is 3. The van der Waals surface area contributed by atoms with Gasteiger partial charge in [-0.2, -0.15) is 18.3 Å². The summed E-state index contributed by atoms with van der Waals surface area (Å²) in [5.74, 6) is -0.720. The number of hydrogen-bond donors (Lipinski definition) is 2. The fourth-order valence-electron chi connectivity index (χ4n) is 4.36. The molecule has 3 aromatic rings. The van der Waals surface area contributed by atoms with E-state index in [1.807, 2.05) is 0 Å². The molecule has 1 aromatic heterocycles. The molecular formula is C25H25F3N4O4. The Kier molecular flexibility index (Phi) is 7.02. The molecule has 0 bridgehead atoms. The zero-order valence-corrected chi connectivity index (χ0v) is 19.7. The number of hydrogen-bond acceptors (Lipinski definition) is 5. The fraction of sp³-hybridized carbons (Fsp3) is 0.320. The highest BCUT2D eigenvalue weighted by Gasteiger charge is 2.39. The van der Waals surface area contributed by atoms with Crippen LogP contribution >= 0.6 is 0 Å². The number of amides is 1.